The zero-order valence-corrected chi connectivity index (χ0v) is 12.5. The van der Waals surface area contributed by atoms with Gasteiger partial charge < -0.3 is 10.0 Å². The normalized spacial score (nSPS) is 18.1. The van der Waals surface area contributed by atoms with Gasteiger partial charge in [-0.15, -0.1) is 0 Å². The topological polar surface area (TPSA) is 73.7 Å². The minimum atomic E-state index is -3.56. The molecule has 1 N–H and O–H groups in total. The van der Waals surface area contributed by atoms with Gasteiger partial charge in [-0.2, -0.15) is 4.31 Å². The third-order valence-electron chi connectivity index (χ3n) is 3.83. The van der Waals surface area contributed by atoms with Gasteiger partial charge >= 0.3 is 0 Å². The van der Waals surface area contributed by atoms with Gasteiger partial charge in [0.15, 0.2) is 0 Å². The molecular formula is C14H17N3O3S. The summed E-state index contributed by atoms with van der Waals surface area (Å²) in [7, 11) is -1.58. The molecule has 1 aliphatic rings. The lowest BCUT2D eigenvalue weighted by atomic mass is 10.2. The molecule has 0 bridgehead atoms. The van der Waals surface area contributed by atoms with Gasteiger partial charge in [-0.1, -0.05) is 6.07 Å². The van der Waals surface area contributed by atoms with Gasteiger partial charge in [0.25, 0.3) is 0 Å². The Hall–Kier alpha value is -1.70. The van der Waals surface area contributed by atoms with Crippen molar-refractivity contribution >= 4 is 20.8 Å². The Morgan fingerprint density at radius 3 is 2.52 bits per heavy atom. The highest BCUT2D eigenvalue weighted by atomic mass is 32.2. The summed E-state index contributed by atoms with van der Waals surface area (Å²) in [5.41, 5.74) is 0. The van der Waals surface area contributed by atoms with Gasteiger partial charge in [0.2, 0.25) is 15.9 Å². The van der Waals surface area contributed by atoms with Crippen molar-refractivity contribution in [1.29, 1.82) is 0 Å². The summed E-state index contributed by atoms with van der Waals surface area (Å²) in [5, 5.41) is 10.7. The molecule has 3 rings (SSSR count). The Morgan fingerprint density at radius 2 is 1.81 bits per heavy atom. The first-order chi connectivity index (χ1) is 10.00. The van der Waals surface area contributed by atoms with Crippen LogP contribution in [-0.2, 0) is 10.0 Å². The monoisotopic (exact) mass is 307 g/mol. The number of rotatable bonds is 2. The molecule has 1 saturated heterocycles. The number of pyridine rings is 1. The van der Waals surface area contributed by atoms with E-state index in [1.165, 1.54) is 10.5 Å². The average Bonchev–Trinajstić information content (AvgIpc) is 2.47. The number of aromatic hydroxyl groups is 1. The molecular weight excluding hydrogens is 290 g/mol. The van der Waals surface area contributed by atoms with E-state index < -0.39 is 10.0 Å². The Morgan fingerprint density at radius 1 is 1.10 bits per heavy atom. The lowest BCUT2D eigenvalue weighted by Crippen LogP contribution is -2.47. The van der Waals surface area contributed by atoms with E-state index in [2.05, 4.69) is 9.88 Å². The molecule has 7 heteroatoms. The van der Waals surface area contributed by atoms with Crippen LogP contribution >= 0.6 is 0 Å². The summed E-state index contributed by atoms with van der Waals surface area (Å²) in [6.07, 6.45) is 1.42. The van der Waals surface area contributed by atoms with Gasteiger partial charge in [0.05, 0.1) is 4.90 Å². The standard InChI is InChI=1S/C14H17N3O3S/c1-16-7-9-17(10-8-16)21(19,20)13-4-2-3-12-11(13)5-6-15-14(12)18/h2-6H,7-10H2,1H3,(H,15,18). The smallest absolute Gasteiger partial charge is 0.243 e. The van der Waals surface area contributed by atoms with Crippen LogP contribution in [-0.4, -0.2) is 60.9 Å². The van der Waals surface area contributed by atoms with Crippen LogP contribution < -0.4 is 0 Å². The summed E-state index contributed by atoms with van der Waals surface area (Å²) < 4.78 is 27.1. The maximum Gasteiger partial charge on any atom is 0.243 e. The molecule has 0 spiro atoms. The van der Waals surface area contributed by atoms with E-state index >= 15 is 0 Å². The molecule has 2 heterocycles. The zero-order valence-electron chi connectivity index (χ0n) is 11.7. The van der Waals surface area contributed by atoms with Crippen LogP contribution in [0.15, 0.2) is 35.4 Å². The first-order valence-electron chi connectivity index (χ1n) is 6.75. The van der Waals surface area contributed by atoms with E-state index in [0.717, 1.165) is 13.1 Å². The van der Waals surface area contributed by atoms with Crippen LogP contribution in [0, 0.1) is 0 Å². The minimum absolute atomic E-state index is 0.150. The molecule has 0 radical (unpaired) electrons. The predicted octanol–water partition coefficient (Wildman–Crippen LogP) is 0.876. The zero-order chi connectivity index (χ0) is 15.0. The van der Waals surface area contributed by atoms with Crippen molar-refractivity contribution in [3.8, 4) is 5.88 Å². The van der Waals surface area contributed by atoms with Crippen LogP contribution in [0.2, 0.25) is 0 Å². The van der Waals surface area contributed by atoms with Crippen LogP contribution in [0.3, 0.4) is 0 Å². The van der Waals surface area contributed by atoms with Crippen molar-refractivity contribution in [2.45, 2.75) is 4.90 Å². The molecule has 21 heavy (non-hydrogen) atoms. The Bertz CT molecular complexity index is 768. The molecule has 1 aromatic heterocycles. The molecule has 0 saturated carbocycles. The molecule has 112 valence electrons. The molecule has 0 atom stereocenters. The van der Waals surface area contributed by atoms with Gasteiger partial charge in [-0.3, -0.25) is 0 Å². The third-order valence-corrected chi connectivity index (χ3v) is 5.78. The SMILES string of the molecule is CN1CCN(S(=O)(=O)c2cccc3c(O)nccc23)CC1. The van der Waals surface area contributed by atoms with E-state index in [1.54, 1.807) is 24.3 Å². The number of sulfonamides is 1. The lowest BCUT2D eigenvalue weighted by Gasteiger charge is -2.31. The van der Waals surface area contributed by atoms with Crippen LogP contribution in [0.1, 0.15) is 0 Å². The second kappa shape index (κ2) is 5.25. The third kappa shape index (κ3) is 2.48. The van der Waals surface area contributed by atoms with Crippen molar-refractivity contribution in [2.75, 3.05) is 33.2 Å². The number of hydrogen-bond donors (Lipinski definition) is 1. The minimum Gasteiger partial charge on any atom is -0.493 e. The highest BCUT2D eigenvalue weighted by Gasteiger charge is 2.29. The van der Waals surface area contributed by atoms with Crippen LogP contribution in [0.5, 0.6) is 5.88 Å². The fraction of sp³-hybridized carbons (Fsp3) is 0.357. The fourth-order valence-corrected chi connectivity index (χ4v) is 4.18. The first kappa shape index (κ1) is 14.2. The number of likely N-dealkylation sites (N-methyl/N-ethyl adjacent to an activating group) is 1. The molecule has 0 aliphatic carbocycles. The first-order valence-corrected chi connectivity index (χ1v) is 8.19. The molecule has 0 amide bonds. The molecule has 0 unspecified atom stereocenters. The van der Waals surface area contributed by atoms with Crippen molar-refractivity contribution in [2.24, 2.45) is 0 Å². The number of hydrogen-bond acceptors (Lipinski definition) is 5. The van der Waals surface area contributed by atoms with Gasteiger partial charge in [0.1, 0.15) is 0 Å². The van der Waals surface area contributed by atoms with Gasteiger partial charge in [-0.05, 0) is 25.2 Å². The van der Waals surface area contributed by atoms with E-state index in [9.17, 15) is 13.5 Å². The Labute approximate surface area is 123 Å². The van der Waals surface area contributed by atoms with Crippen LogP contribution in [0.25, 0.3) is 10.8 Å². The van der Waals surface area contributed by atoms with Crippen LogP contribution in [0.4, 0.5) is 0 Å². The Kier molecular flexibility index (Phi) is 3.56. The van der Waals surface area contributed by atoms with Crippen molar-refractivity contribution < 1.29 is 13.5 Å². The quantitative estimate of drug-likeness (QED) is 0.891. The maximum atomic E-state index is 12.8. The summed E-state index contributed by atoms with van der Waals surface area (Å²) >= 11 is 0. The fourth-order valence-electron chi connectivity index (χ4n) is 2.56. The molecule has 1 aromatic carbocycles. The predicted molar refractivity (Wildman–Crippen MR) is 79.7 cm³/mol. The highest BCUT2D eigenvalue weighted by molar-refractivity contribution is 7.89. The highest BCUT2D eigenvalue weighted by Crippen LogP contribution is 2.29. The van der Waals surface area contributed by atoms with E-state index in [1.807, 2.05) is 7.05 Å². The molecule has 2 aromatic rings. The molecule has 6 nitrogen and oxygen atoms in total. The second-order valence-electron chi connectivity index (χ2n) is 5.19. The van der Waals surface area contributed by atoms with Crippen molar-refractivity contribution in [3.05, 3.63) is 30.5 Å². The van der Waals surface area contributed by atoms with Crippen molar-refractivity contribution in [3.63, 3.8) is 0 Å². The second-order valence-corrected chi connectivity index (χ2v) is 7.10. The molecule has 1 aliphatic heterocycles. The number of aromatic nitrogens is 1. The lowest BCUT2D eigenvalue weighted by molar-refractivity contribution is 0.222. The van der Waals surface area contributed by atoms with E-state index in [-0.39, 0.29) is 10.8 Å². The van der Waals surface area contributed by atoms with E-state index in [4.69, 9.17) is 0 Å². The van der Waals surface area contributed by atoms with Gasteiger partial charge in [-0.25, -0.2) is 13.4 Å². The average molecular weight is 307 g/mol. The summed E-state index contributed by atoms with van der Waals surface area (Å²) in [6.45, 7) is 2.40. The number of nitrogens with zero attached hydrogens (tertiary/aromatic N) is 3. The maximum absolute atomic E-state index is 12.8. The largest absolute Gasteiger partial charge is 0.493 e. The number of fused-ring (bicyclic) bond motifs is 1. The summed E-state index contributed by atoms with van der Waals surface area (Å²) in [4.78, 5) is 6.12. The van der Waals surface area contributed by atoms with Gasteiger partial charge in [0, 0.05) is 43.1 Å². The molecule has 1 fully saturated rings. The number of benzene rings is 1. The van der Waals surface area contributed by atoms with E-state index in [0.29, 0.717) is 23.9 Å². The Balaban J connectivity index is 2.09. The summed E-state index contributed by atoms with van der Waals surface area (Å²) in [6, 6.07) is 6.50. The van der Waals surface area contributed by atoms with Crippen molar-refractivity contribution in [1.82, 2.24) is 14.2 Å². The number of piperazine rings is 1. The summed E-state index contributed by atoms with van der Waals surface area (Å²) in [5.74, 6) is -0.150.